The number of carbonyl (C=O) groups is 3. The lowest BCUT2D eigenvalue weighted by atomic mass is 9.54. The molecule has 0 radical (unpaired) electrons. The lowest BCUT2D eigenvalue weighted by Crippen LogP contribution is -2.45. The van der Waals surface area contributed by atoms with Gasteiger partial charge in [-0.15, -0.1) is 11.3 Å². The molecule has 1 N–H and O–H groups in total. The highest BCUT2D eigenvalue weighted by Crippen LogP contribution is 2.59. The summed E-state index contributed by atoms with van der Waals surface area (Å²) in [6.45, 7) is -0.324. The van der Waals surface area contributed by atoms with Crippen molar-refractivity contribution in [3.8, 4) is 17.4 Å². The molecule has 41 heavy (non-hydrogen) atoms. The molecule has 0 saturated heterocycles. The topological polar surface area (TPSA) is 117 Å². The third kappa shape index (κ3) is 4.51. The average Bonchev–Trinajstić information content (AvgIpc) is 3.50. The first kappa shape index (κ1) is 26.2. The zero-order valence-electron chi connectivity index (χ0n) is 22.2. The van der Waals surface area contributed by atoms with Crippen molar-refractivity contribution < 1.29 is 38.1 Å². The number of methoxy groups -OCH3 is 1. The third-order valence-corrected chi connectivity index (χ3v) is 10.2. The van der Waals surface area contributed by atoms with Crippen LogP contribution in [-0.2, 0) is 14.3 Å². The number of benzene rings is 1. The third-order valence-electron chi connectivity index (χ3n) is 8.88. The van der Waals surface area contributed by atoms with Gasteiger partial charge in [-0.05, 0) is 92.3 Å². The number of hydrogen-bond donors (Lipinski definition) is 1. The SMILES string of the molecule is COC(=O)COc1ccc2c(c1)OC(=O)C(=c1ccc(=Cc3sc(=S)n(C4C5CC6CC(C5)CC4C6)c3O)o1)C2=O. The number of Topliss-reactive ketones (excluding diaryl/α,β-unsaturated/α-hetero) is 1. The fraction of sp³-hybridized carbons (Fsp3) is 0.400. The maximum absolute atomic E-state index is 13.2. The first-order valence-corrected chi connectivity index (χ1v) is 14.9. The predicted octanol–water partition coefficient (Wildman–Crippen LogP) is 3.91. The van der Waals surface area contributed by atoms with Gasteiger partial charge in [0.1, 0.15) is 22.3 Å². The normalized spacial score (nSPS) is 28.0. The fourth-order valence-electron chi connectivity index (χ4n) is 7.42. The van der Waals surface area contributed by atoms with E-state index in [1.807, 2.05) is 4.57 Å². The van der Waals surface area contributed by atoms with E-state index in [1.165, 1.54) is 74.8 Å². The van der Waals surface area contributed by atoms with E-state index in [0.29, 0.717) is 26.1 Å². The number of fused-ring (bicyclic) bond motifs is 1. The van der Waals surface area contributed by atoms with Crippen LogP contribution in [0.15, 0.2) is 34.7 Å². The van der Waals surface area contributed by atoms with Crippen LogP contribution in [0.3, 0.4) is 0 Å². The summed E-state index contributed by atoms with van der Waals surface area (Å²) in [5, 5.41) is 11.3. The summed E-state index contributed by atoms with van der Waals surface area (Å²) in [6.07, 6.45) is 7.88. The first-order valence-electron chi connectivity index (χ1n) is 13.7. The number of rotatable bonds is 5. The Morgan fingerprint density at radius 2 is 1.85 bits per heavy atom. The Kier molecular flexibility index (Phi) is 6.39. The van der Waals surface area contributed by atoms with Crippen LogP contribution in [0.2, 0.25) is 0 Å². The highest BCUT2D eigenvalue weighted by molar-refractivity contribution is 7.73. The zero-order valence-corrected chi connectivity index (χ0v) is 23.8. The van der Waals surface area contributed by atoms with Gasteiger partial charge in [-0.25, -0.2) is 9.59 Å². The number of nitrogens with zero attached hydrogens (tertiary/aromatic N) is 1. The largest absolute Gasteiger partial charge is 0.493 e. The molecular formula is C30H27NO8S2. The molecule has 2 aromatic heterocycles. The van der Waals surface area contributed by atoms with E-state index in [9.17, 15) is 19.5 Å². The monoisotopic (exact) mass is 593 g/mol. The van der Waals surface area contributed by atoms with E-state index >= 15 is 0 Å². The van der Waals surface area contributed by atoms with Gasteiger partial charge >= 0.3 is 11.9 Å². The molecule has 0 amide bonds. The molecule has 4 fully saturated rings. The Bertz CT molecular complexity index is 1750. The smallest absolute Gasteiger partial charge is 0.351 e. The highest BCUT2D eigenvalue weighted by Gasteiger charge is 2.49. The van der Waals surface area contributed by atoms with E-state index < -0.39 is 17.7 Å². The molecule has 4 aliphatic carbocycles. The van der Waals surface area contributed by atoms with Crippen LogP contribution in [0.4, 0.5) is 0 Å². The van der Waals surface area contributed by atoms with Gasteiger partial charge in [-0.3, -0.25) is 9.36 Å². The number of aromatic hydroxyl groups is 1. The number of carbonyl (C=O) groups excluding carboxylic acids is 3. The Balaban J connectivity index is 1.18. The molecule has 0 spiro atoms. The highest BCUT2D eigenvalue weighted by atomic mass is 32.1. The zero-order chi connectivity index (χ0) is 28.4. The lowest BCUT2D eigenvalue weighted by Gasteiger charge is -2.54. The molecular weight excluding hydrogens is 566 g/mol. The van der Waals surface area contributed by atoms with Gasteiger partial charge in [0.25, 0.3) is 0 Å². The first-order chi connectivity index (χ1) is 19.8. The van der Waals surface area contributed by atoms with Crippen molar-refractivity contribution >= 4 is 52.9 Å². The van der Waals surface area contributed by atoms with Crippen molar-refractivity contribution in [2.45, 2.75) is 38.1 Å². The average molecular weight is 594 g/mol. The molecule has 0 atom stereocenters. The molecule has 3 aromatic rings. The minimum Gasteiger partial charge on any atom is -0.493 e. The van der Waals surface area contributed by atoms with E-state index in [-0.39, 0.29) is 46.6 Å². The molecule has 1 aromatic carbocycles. The molecule has 11 heteroatoms. The summed E-state index contributed by atoms with van der Waals surface area (Å²) in [4.78, 5) is 38.0. The molecule has 9 nitrogen and oxygen atoms in total. The van der Waals surface area contributed by atoms with Crippen molar-refractivity contribution in [3.05, 3.63) is 55.6 Å². The van der Waals surface area contributed by atoms with Crippen LogP contribution in [0.25, 0.3) is 11.6 Å². The van der Waals surface area contributed by atoms with Crippen molar-refractivity contribution in [1.82, 2.24) is 4.57 Å². The summed E-state index contributed by atoms with van der Waals surface area (Å²) in [6, 6.07) is 7.74. The van der Waals surface area contributed by atoms with E-state index in [1.54, 1.807) is 12.1 Å². The molecule has 4 saturated carbocycles. The summed E-state index contributed by atoms with van der Waals surface area (Å²) in [5.74, 6) is 1.18. The Labute approximate surface area is 243 Å². The Hall–Kier alpha value is -3.70. The van der Waals surface area contributed by atoms with E-state index in [0.717, 1.165) is 11.8 Å². The maximum atomic E-state index is 13.2. The number of aromatic nitrogens is 1. The van der Waals surface area contributed by atoms with Gasteiger partial charge in [-0.2, -0.15) is 0 Å². The summed E-state index contributed by atoms with van der Waals surface area (Å²) < 4.78 is 23.8. The number of thiazole rings is 1. The van der Waals surface area contributed by atoms with E-state index in [4.69, 9.17) is 26.1 Å². The summed E-state index contributed by atoms with van der Waals surface area (Å²) >= 11 is 7.06. The predicted molar refractivity (Wildman–Crippen MR) is 150 cm³/mol. The minimum atomic E-state index is -0.861. The number of esters is 2. The second-order valence-electron chi connectivity index (χ2n) is 11.3. The van der Waals surface area contributed by atoms with Crippen molar-refractivity contribution in [1.29, 1.82) is 0 Å². The molecule has 1 aliphatic heterocycles. The summed E-state index contributed by atoms with van der Waals surface area (Å²) in [7, 11) is 1.24. The maximum Gasteiger partial charge on any atom is 0.351 e. The molecule has 8 rings (SSSR count). The van der Waals surface area contributed by atoms with Crippen LogP contribution in [0.5, 0.6) is 17.4 Å². The molecule has 212 valence electrons. The van der Waals surface area contributed by atoms with Gasteiger partial charge < -0.3 is 23.7 Å². The van der Waals surface area contributed by atoms with Crippen LogP contribution in [0.1, 0.15) is 53.4 Å². The number of hydrogen-bond acceptors (Lipinski definition) is 10. The molecule has 5 aliphatic rings. The van der Waals surface area contributed by atoms with E-state index in [2.05, 4.69) is 4.74 Å². The summed E-state index contributed by atoms with van der Waals surface area (Å²) in [5.41, 5.74) is 0.361. The van der Waals surface area contributed by atoms with Crippen molar-refractivity contribution in [2.75, 3.05) is 13.7 Å². The van der Waals surface area contributed by atoms with Gasteiger partial charge in [0.2, 0.25) is 11.7 Å². The lowest BCUT2D eigenvalue weighted by molar-refractivity contribution is -0.143. The molecule has 4 bridgehead atoms. The number of furan rings is 1. The second-order valence-corrected chi connectivity index (χ2v) is 13.0. The van der Waals surface area contributed by atoms with Crippen molar-refractivity contribution in [2.24, 2.45) is 23.7 Å². The van der Waals surface area contributed by atoms with Crippen LogP contribution in [0, 0.1) is 27.6 Å². The molecule has 3 heterocycles. The number of ether oxygens (including phenoxy) is 3. The number of ketones is 1. The van der Waals surface area contributed by atoms with Crippen LogP contribution in [-0.4, -0.2) is 41.1 Å². The van der Waals surface area contributed by atoms with Gasteiger partial charge in [0.05, 0.1) is 17.6 Å². The van der Waals surface area contributed by atoms with Crippen molar-refractivity contribution in [3.63, 3.8) is 0 Å². The Morgan fingerprint density at radius 3 is 2.56 bits per heavy atom. The minimum absolute atomic E-state index is 0.0280. The van der Waals surface area contributed by atoms with Crippen LogP contribution < -0.4 is 20.3 Å². The second kappa shape index (κ2) is 9.99. The van der Waals surface area contributed by atoms with Crippen LogP contribution >= 0.6 is 23.6 Å². The standard InChI is InChI=1S/C30H27NO8S2/c1-36-24(32)13-37-18-2-4-20-22(11-18)39-29(35)25(27(20)33)21-5-3-19(38-21)12-23-28(34)31(30(40)41-23)26-16-7-14-6-15(9-16)10-17(26)8-14/h2-5,11-12,14-17,26,34H,6-10,13H2,1H3. The van der Waals surface area contributed by atoms with Gasteiger partial charge in [0, 0.05) is 18.2 Å². The fourth-order valence-corrected chi connectivity index (χ4v) is 8.76. The quantitative estimate of drug-likeness (QED) is 0.267. The Morgan fingerprint density at radius 1 is 1.12 bits per heavy atom. The van der Waals surface area contributed by atoms with Gasteiger partial charge in [0.15, 0.2) is 16.1 Å². The van der Waals surface area contributed by atoms with Gasteiger partial charge in [-0.1, -0.05) is 0 Å². The molecule has 0 unspecified atom stereocenters.